The standard InChI is InChI=1S/C13H17FN2O/c1-16(11-5-3-10(14)4-6-11)12(17)13(9-15)7-2-8-13/h3-6H,2,7-9,15H2,1H3. The molecule has 1 aromatic carbocycles. The van der Waals surface area contributed by atoms with Crippen molar-refractivity contribution < 1.29 is 9.18 Å². The zero-order chi connectivity index (χ0) is 12.5. The number of rotatable bonds is 3. The molecule has 92 valence electrons. The molecule has 0 heterocycles. The Kier molecular flexibility index (Phi) is 3.15. The molecule has 1 aliphatic rings. The van der Waals surface area contributed by atoms with Crippen LogP contribution < -0.4 is 10.6 Å². The average Bonchev–Trinajstić information content (AvgIpc) is 2.28. The van der Waals surface area contributed by atoms with E-state index in [0.717, 1.165) is 19.3 Å². The first-order chi connectivity index (χ1) is 8.09. The fourth-order valence-electron chi connectivity index (χ4n) is 2.25. The van der Waals surface area contributed by atoms with Crippen molar-refractivity contribution in [1.29, 1.82) is 0 Å². The number of anilines is 1. The van der Waals surface area contributed by atoms with Crippen molar-refractivity contribution in [1.82, 2.24) is 0 Å². The molecule has 2 N–H and O–H groups in total. The maximum atomic E-state index is 12.8. The van der Waals surface area contributed by atoms with Crippen LogP contribution in [0, 0.1) is 11.2 Å². The monoisotopic (exact) mass is 236 g/mol. The van der Waals surface area contributed by atoms with Gasteiger partial charge in [-0.15, -0.1) is 0 Å². The van der Waals surface area contributed by atoms with Crippen LogP contribution >= 0.6 is 0 Å². The predicted molar refractivity (Wildman–Crippen MR) is 65.1 cm³/mol. The van der Waals surface area contributed by atoms with E-state index >= 15 is 0 Å². The average molecular weight is 236 g/mol. The molecule has 1 aromatic rings. The lowest BCUT2D eigenvalue weighted by atomic mass is 9.68. The van der Waals surface area contributed by atoms with Gasteiger partial charge in [0.15, 0.2) is 0 Å². The first-order valence-corrected chi connectivity index (χ1v) is 5.83. The van der Waals surface area contributed by atoms with Gasteiger partial charge in [0, 0.05) is 19.3 Å². The van der Waals surface area contributed by atoms with Crippen LogP contribution in [-0.2, 0) is 4.79 Å². The van der Waals surface area contributed by atoms with Crippen molar-refractivity contribution in [3.8, 4) is 0 Å². The molecule has 0 radical (unpaired) electrons. The third-order valence-corrected chi connectivity index (χ3v) is 3.67. The van der Waals surface area contributed by atoms with Crippen LogP contribution in [0.5, 0.6) is 0 Å². The van der Waals surface area contributed by atoms with Crippen LogP contribution in [0.3, 0.4) is 0 Å². The molecule has 1 fully saturated rings. The number of nitrogens with two attached hydrogens (primary N) is 1. The maximum absolute atomic E-state index is 12.8. The van der Waals surface area contributed by atoms with Gasteiger partial charge in [-0.2, -0.15) is 0 Å². The van der Waals surface area contributed by atoms with Gasteiger partial charge >= 0.3 is 0 Å². The molecule has 2 rings (SSSR count). The second kappa shape index (κ2) is 4.45. The van der Waals surface area contributed by atoms with Crippen LogP contribution in [0.2, 0.25) is 0 Å². The Hall–Kier alpha value is -1.42. The molecule has 4 heteroatoms. The van der Waals surface area contributed by atoms with E-state index in [4.69, 9.17) is 5.73 Å². The van der Waals surface area contributed by atoms with Gasteiger partial charge in [0.25, 0.3) is 0 Å². The Morgan fingerprint density at radius 1 is 1.41 bits per heavy atom. The third-order valence-electron chi connectivity index (χ3n) is 3.67. The van der Waals surface area contributed by atoms with Crippen LogP contribution in [0.4, 0.5) is 10.1 Å². The van der Waals surface area contributed by atoms with Gasteiger partial charge in [0.1, 0.15) is 5.82 Å². The van der Waals surface area contributed by atoms with E-state index < -0.39 is 0 Å². The minimum absolute atomic E-state index is 0.0397. The van der Waals surface area contributed by atoms with Crippen LogP contribution in [0.25, 0.3) is 0 Å². The molecule has 0 aromatic heterocycles. The smallest absolute Gasteiger partial charge is 0.234 e. The minimum atomic E-state index is -0.386. The van der Waals surface area contributed by atoms with Crippen LogP contribution in [-0.4, -0.2) is 19.5 Å². The lowest BCUT2D eigenvalue weighted by Crippen LogP contribution is -2.51. The Bertz CT molecular complexity index is 406. The fraction of sp³-hybridized carbons (Fsp3) is 0.462. The van der Waals surface area contributed by atoms with E-state index in [1.807, 2.05) is 0 Å². The SMILES string of the molecule is CN(C(=O)C1(CN)CCC1)c1ccc(F)cc1. The lowest BCUT2D eigenvalue weighted by molar-refractivity contribution is -0.131. The first-order valence-electron chi connectivity index (χ1n) is 5.83. The number of carbonyl (C=O) groups is 1. The van der Waals surface area contributed by atoms with E-state index in [2.05, 4.69) is 0 Å². The number of hydrogen-bond acceptors (Lipinski definition) is 2. The molecule has 0 spiro atoms. The predicted octanol–water partition coefficient (Wildman–Crippen LogP) is 1.92. The molecular weight excluding hydrogens is 219 g/mol. The van der Waals surface area contributed by atoms with E-state index in [0.29, 0.717) is 12.2 Å². The second-order valence-corrected chi connectivity index (χ2v) is 4.68. The van der Waals surface area contributed by atoms with E-state index in [9.17, 15) is 9.18 Å². The molecule has 0 bridgehead atoms. The summed E-state index contributed by atoms with van der Waals surface area (Å²) in [5.41, 5.74) is 6.02. The maximum Gasteiger partial charge on any atom is 0.234 e. The third kappa shape index (κ3) is 2.05. The van der Waals surface area contributed by atoms with Crippen molar-refractivity contribution in [2.75, 3.05) is 18.5 Å². The molecule has 0 saturated heterocycles. The normalized spacial score (nSPS) is 17.4. The lowest BCUT2D eigenvalue weighted by Gasteiger charge is -2.41. The molecule has 0 unspecified atom stereocenters. The molecule has 1 saturated carbocycles. The molecule has 1 amide bonds. The van der Waals surface area contributed by atoms with Gasteiger partial charge in [-0.25, -0.2) is 4.39 Å². The molecule has 0 aliphatic heterocycles. The zero-order valence-electron chi connectivity index (χ0n) is 9.95. The van der Waals surface area contributed by atoms with Crippen LogP contribution in [0.1, 0.15) is 19.3 Å². The molecule has 17 heavy (non-hydrogen) atoms. The van der Waals surface area contributed by atoms with Crippen molar-refractivity contribution in [3.05, 3.63) is 30.1 Å². The fourth-order valence-corrected chi connectivity index (χ4v) is 2.25. The summed E-state index contributed by atoms with van der Waals surface area (Å²) < 4.78 is 12.8. The molecule has 0 atom stereocenters. The number of nitrogens with zero attached hydrogens (tertiary/aromatic N) is 1. The molecular formula is C13H17FN2O. The summed E-state index contributed by atoms with van der Waals surface area (Å²) in [6.07, 6.45) is 2.77. The molecule has 3 nitrogen and oxygen atoms in total. The number of amides is 1. The Morgan fingerprint density at radius 3 is 2.41 bits per heavy atom. The highest BCUT2D eigenvalue weighted by Crippen LogP contribution is 2.41. The molecule has 1 aliphatic carbocycles. The number of benzene rings is 1. The van der Waals surface area contributed by atoms with Crippen molar-refractivity contribution in [2.45, 2.75) is 19.3 Å². The number of halogens is 1. The van der Waals surface area contributed by atoms with Gasteiger partial charge in [-0.05, 0) is 37.1 Å². The topological polar surface area (TPSA) is 46.3 Å². The summed E-state index contributed by atoms with van der Waals surface area (Å²) in [5, 5.41) is 0. The highest BCUT2D eigenvalue weighted by Gasteiger charge is 2.44. The summed E-state index contributed by atoms with van der Waals surface area (Å²) in [5.74, 6) is -0.260. The summed E-state index contributed by atoms with van der Waals surface area (Å²) >= 11 is 0. The summed E-state index contributed by atoms with van der Waals surface area (Å²) in [7, 11) is 1.71. The minimum Gasteiger partial charge on any atom is -0.329 e. The van der Waals surface area contributed by atoms with Crippen molar-refractivity contribution in [3.63, 3.8) is 0 Å². The van der Waals surface area contributed by atoms with Gasteiger partial charge in [-0.3, -0.25) is 4.79 Å². The Labute approximate surface area is 100 Å². The van der Waals surface area contributed by atoms with E-state index in [1.54, 1.807) is 24.1 Å². The largest absolute Gasteiger partial charge is 0.329 e. The summed E-state index contributed by atoms with van der Waals surface area (Å²) in [6.45, 7) is 0.386. The summed E-state index contributed by atoms with van der Waals surface area (Å²) in [6, 6.07) is 5.93. The number of hydrogen-bond donors (Lipinski definition) is 1. The Balaban J connectivity index is 2.17. The van der Waals surface area contributed by atoms with Gasteiger partial charge in [0.05, 0.1) is 5.41 Å². The first kappa shape index (κ1) is 12.0. The van der Waals surface area contributed by atoms with Crippen molar-refractivity contribution >= 4 is 11.6 Å². The number of carbonyl (C=O) groups excluding carboxylic acids is 1. The quantitative estimate of drug-likeness (QED) is 0.871. The summed E-state index contributed by atoms with van der Waals surface area (Å²) in [4.78, 5) is 13.9. The second-order valence-electron chi connectivity index (χ2n) is 4.68. The highest BCUT2D eigenvalue weighted by atomic mass is 19.1. The zero-order valence-corrected chi connectivity index (χ0v) is 9.95. The van der Waals surface area contributed by atoms with Gasteiger partial charge < -0.3 is 10.6 Å². The van der Waals surface area contributed by atoms with E-state index in [1.165, 1.54) is 12.1 Å². The van der Waals surface area contributed by atoms with Gasteiger partial charge in [-0.1, -0.05) is 6.42 Å². The Morgan fingerprint density at radius 2 is 2.00 bits per heavy atom. The highest BCUT2D eigenvalue weighted by molar-refractivity contribution is 5.97. The van der Waals surface area contributed by atoms with Crippen molar-refractivity contribution in [2.24, 2.45) is 11.1 Å². The van der Waals surface area contributed by atoms with E-state index in [-0.39, 0.29) is 17.1 Å². The van der Waals surface area contributed by atoms with Crippen LogP contribution in [0.15, 0.2) is 24.3 Å². The van der Waals surface area contributed by atoms with Gasteiger partial charge in [0.2, 0.25) is 5.91 Å².